The quantitative estimate of drug-likeness (QED) is 0.754. The molecular formula is C21H25N3O3. The van der Waals surface area contributed by atoms with Gasteiger partial charge in [0.1, 0.15) is 5.75 Å². The number of ether oxygens (including phenoxy) is 1. The molecule has 27 heavy (non-hydrogen) atoms. The zero-order chi connectivity index (χ0) is 19.2. The van der Waals surface area contributed by atoms with Gasteiger partial charge in [-0.25, -0.2) is 0 Å². The van der Waals surface area contributed by atoms with Gasteiger partial charge in [0.2, 0.25) is 5.91 Å². The van der Waals surface area contributed by atoms with Crippen LogP contribution in [-0.2, 0) is 9.59 Å². The molecular weight excluding hydrogens is 342 g/mol. The third-order valence-electron chi connectivity index (χ3n) is 4.50. The largest absolute Gasteiger partial charge is 0.482 e. The predicted molar refractivity (Wildman–Crippen MR) is 106 cm³/mol. The van der Waals surface area contributed by atoms with Gasteiger partial charge in [-0.3, -0.25) is 9.59 Å². The Kier molecular flexibility index (Phi) is 6.08. The van der Waals surface area contributed by atoms with Crippen LogP contribution >= 0.6 is 0 Å². The van der Waals surface area contributed by atoms with Crippen molar-refractivity contribution in [3.05, 3.63) is 54.6 Å². The predicted octanol–water partition coefficient (Wildman–Crippen LogP) is 2.40. The van der Waals surface area contributed by atoms with E-state index in [2.05, 4.69) is 0 Å². The molecule has 0 aliphatic carbocycles. The molecule has 0 unspecified atom stereocenters. The molecule has 0 aromatic heterocycles. The zero-order valence-electron chi connectivity index (χ0n) is 15.8. The number of likely N-dealkylation sites (N-methyl/N-ethyl adjacent to an activating group) is 1. The highest BCUT2D eigenvalue weighted by Gasteiger charge is 2.26. The first-order valence-corrected chi connectivity index (χ1v) is 9.08. The van der Waals surface area contributed by atoms with Crippen molar-refractivity contribution in [3.8, 4) is 5.75 Å². The van der Waals surface area contributed by atoms with E-state index >= 15 is 0 Å². The van der Waals surface area contributed by atoms with Crippen LogP contribution in [0.15, 0.2) is 54.6 Å². The van der Waals surface area contributed by atoms with Crippen LogP contribution in [0.25, 0.3) is 0 Å². The number of para-hydroxylation sites is 3. The van der Waals surface area contributed by atoms with Crippen molar-refractivity contribution in [1.82, 2.24) is 4.90 Å². The summed E-state index contributed by atoms with van der Waals surface area (Å²) in [7, 11) is 3.97. The Bertz CT molecular complexity index is 792. The number of anilines is 2. The molecule has 0 radical (unpaired) electrons. The van der Waals surface area contributed by atoms with Gasteiger partial charge >= 0.3 is 0 Å². The van der Waals surface area contributed by atoms with Crippen LogP contribution in [-0.4, -0.2) is 57.1 Å². The maximum atomic E-state index is 13.0. The second kappa shape index (κ2) is 8.68. The molecule has 1 aliphatic rings. The van der Waals surface area contributed by atoms with Gasteiger partial charge in [-0.2, -0.15) is 0 Å². The number of carbonyl (C=O) groups excluding carboxylic acids is 2. The summed E-state index contributed by atoms with van der Waals surface area (Å²) in [5, 5.41) is 0. The number of hydrogen-bond donors (Lipinski definition) is 0. The van der Waals surface area contributed by atoms with E-state index in [-0.39, 0.29) is 24.8 Å². The smallest absolute Gasteiger partial charge is 0.265 e. The van der Waals surface area contributed by atoms with Crippen molar-refractivity contribution in [2.24, 2.45) is 0 Å². The average molecular weight is 367 g/mol. The Balaban J connectivity index is 1.71. The molecule has 2 aromatic rings. The molecule has 2 aromatic carbocycles. The number of rotatable bonds is 7. The third-order valence-corrected chi connectivity index (χ3v) is 4.50. The maximum Gasteiger partial charge on any atom is 0.265 e. The van der Waals surface area contributed by atoms with Gasteiger partial charge in [-0.05, 0) is 38.4 Å². The SMILES string of the molecule is CN(C)CCN(C(=O)CCN1C(=O)COc2ccccc21)c1ccccc1. The van der Waals surface area contributed by atoms with Crippen molar-refractivity contribution in [3.63, 3.8) is 0 Å². The Morgan fingerprint density at radius 1 is 1.04 bits per heavy atom. The van der Waals surface area contributed by atoms with E-state index in [1.54, 1.807) is 9.80 Å². The number of amides is 2. The normalized spacial score (nSPS) is 13.3. The van der Waals surface area contributed by atoms with Crippen LogP contribution in [0.2, 0.25) is 0 Å². The van der Waals surface area contributed by atoms with Gasteiger partial charge in [0, 0.05) is 31.7 Å². The molecule has 0 saturated carbocycles. The lowest BCUT2D eigenvalue weighted by atomic mass is 10.2. The Morgan fingerprint density at radius 2 is 1.74 bits per heavy atom. The number of nitrogens with zero attached hydrogens (tertiary/aromatic N) is 3. The fourth-order valence-electron chi connectivity index (χ4n) is 3.05. The van der Waals surface area contributed by atoms with Crippen molar-refractivity contribution in [1.29, 1.82) is 0 Å². The van der Waals surface area contributed by atoms with Gasteiger partial charge in [-0.1, -0.05) is 30.3 Å². The molecule has 0 saturated heterocycles. The maximum absolute atomic E-state index is 13.0. The van der Waals surface area contributed by atoms with Gasteiger partial charge in [0.05, 0.1) is 5.69 Å². The van der Waals surface area contributed by atoms with Crippen LogP contribution in [0, 0.1) is 0 Å². The van der Waals surface area contributed by atoms with Crippen molar-refractivity contribution < 1.29 is 14.3 Å². The molecule has 1 heterocycles. The minimum absolute atomic E-state index is 0.000164. The second-order valence-corrected chi connectivity index (χ2v) is 6.74. The summed E-state index contributed by atoms with van der Waals surface area (Å²) in [5.41, 5.74) is 1.60. The number of carbonyl (C=O) groups is 2. The summed E-state index contributed by atoms with van der Waals surface area (Å²) >= 11 is 0. The molecule has 142 valence electrons. The fraction of sp³-hybridized carbons (Fsp3) is 0.333. The fourth-order valence-corrected chi connectivity index (χ4v) is 3.05. The average Bonchev–Trinajstić information content (AvgIpc) is 2.68. The van der Waals surface area contributed by atoms with Gasteiger partial charge < -0.3 is 19.4 Å². The minimum atomic E-state index is -0.124. The lowest BCUT2D eigenvalue weighted by Crippen LogP contribution is -2.42. The van der Waals surface area contributed by atoms with Crippen LogP contribution in [0.1, 0.15) is 6.42 Å². The first-order chi connectivity index (χ1) is 13.1. The third kappa shape index (κ3) is 4.65. The van der Waals surface area contributed by atoms with E-state index in [9.17, 15) is 9.59 Å². The van der Waals surface area contributed by atoms with Crippen molar-refractivity contribution >= 4 is 23.2 Å². The van der Waals surface area contributed by atoms with Crippen LogP contribution in [0.3, 0.4) is 0 Å². The van der Waals surface area contributed by atoms with Crippen LogP contribution in [0.5, 0.6) is 5.75 Å². The summed E-state index contributed by atoms with van der Waals surface area (Å²) < 4.78 is 5.46. The minimum Gasteiger partial charge on any atom is -0.482 e. The van der Waals surface area contributed by atoms with Gasteiger partial charge in [0.15, 0.2) is 6.61 Å². The van der Waals surface area contributed by atoms with E-state index in [1.165, 1.54) is 0 Å². The van der Waals surface area contributed by atoms with Crippen LogP contribution in [0.4, 0.5) is 11.4 Å². The Morgan fingerprint density at radius 3 is 2.48 bits per heavy atom. The number of benzene rings is 2. The topological polar surface area (TPSA) is 53.1 Å². The Labute approximate surface area is 159 Å². The second-order valence-electron chi connectivity index (χ2n) is 6.74. The van der Waals surface area contributed by atoms with E-state index in [0.29, 0.717) is 18.8 Å². The first kappa shape index (κ1) is 18.9. The van der Waals surface area contributed by atoms with Crippen molar-refractivity contribution in [2.45, 2.75) is 6.42 Å². The van der Waals surface area contributed by atoms with E-state index in [1.807, 2.05) is 73.6 Å². The molecule has 1 aliphatic heterocycles. The summed E-state index contributed by atoms with van der Waals surface area (Å²) in [4.78, 5) is 30.7. The summed E-state index contributed by atoms with van der Waals surface area (Å²) in [6, 6.07) is 17.1. The molecule has 2 amide bonds. The molecule has 0 spiro atoms. The molecule has 0 bridgehead atoms. The monoisotopic (exact) mass is 367 g/mol. The summed E-state index contributed by atoms with van der Waals surface area (Å²) in [6.07, 6.45) is 0.252. The van der Waals surface area contributed by atoms with Gasteiger partial charge in [0.25, 0.3) is 5.91 Å². The zero-order valence-corrected chi connectivity index (χ0v) is 15.8. The highest BCUT2D eigenvalue weighted by atomic mass is 16.5. The number of fused-ring (bicyclic) bond motifs is 1. The van der Waals surface area contributed by atoms with Gasteiger partial charge in [-0.15, -0.1) is 0 Å². The standard InChI is InChI=1S/C21H25N3O3/c1-22(2)14-15-23(17-8-4-3-5-9-17)20(25)12-13-24-18-10-6-7-11-19(18)27-16-21(24)26/h3-11H,12-16H2,1-2H3. The summed E-state index contributed by atoms with van der Waals surface area (Å²) in [6.45, 7) is 1.71. The first-order valence-electron chi connectivity index (χ1n) is 9.08. The van der Waals surface area contributed by atoms with Crippen molar-refractivity contribution in [2.75, 3.05) is 50.1 Å². The highest BCUT2D eigenvalue weighted by molar-refractivity contribution is 5.99. The summed E-state index contributed by atoms with van der Waals surface area (Å²) in [5.74, 6) is 0.554. The number of hydrogen-bond acceptors (Lipinski definition) is 4. The molecule has 6 heteroatoms. The lowest BCUT2D eigenvalue weighted by molar-refractivity contribution is -0.121. The highest BCUT2D eigenvalue weighted by Crippen LogP contribution is 2.31. The molecule has 0 fully saturated rings. The Hall–Kier alpha value is -2.86. The van der Waals surface area contributed by atoms with E-state index < -0.39 is 0 Å². The molecule has 6 nitrogen and oxygen atoms in total. The molecule has 0 atom stereocenters. The molecule has 0 N–H and O–H groups in total. The lowest BCUT2D eigenvalue weighted by Gasteiger charge is -2.30. The van der Waals surface area contributed by atoms with E-state index in [0.717, 1.165) is 17.9 Å². The van der Waals surface area contributed by atoms with E-state index in [4.69, 9.17) is 4.74 Å². The molecule has 3 rings (SSSR count). The van der Waals surface area contributed by atoms with Crippen LogP contribution < -0.4 is 14.5 Å².